The predicted octanol–water partition coefficient (Wildman–Crippen LogP) is 1.63. The van der Waals surface area contributed by atoms with Crippen LogP contribution in [0.1, 0.15) is 24.8 Å². The number of aliphatic carboxylic acids is 1. The van der Waals surface area contributed by atoms with Crippen molar-refractivity contribution in [3.8, 4) is 17.2 Å². The summed E-state index contributed by atoms with van der Waals surface area (Å²) in [6, 6.07) is 3.02. The Bertz CT molecular complexity index is 490. The molecule has 5 nitrogen and oxygen atoms in total. The predicted molar refractivity (Wildman–Crippen MR) is 57.4 cm³/mol. The first-order valence-electron chi connectivity index (χ1n) is 5.50. The number of hydrogen-bond acceptors (Lipinski definition) is 4. The third-order valence-corrected chi connectivity index (χ3v) is 3.62. The maximum Gasteiger partial charge on any atom is 0.314 e. The van der Waals surface area contributed by atoms with Crippen LogP contribution in [0.15, 0.2) is 12.1 Å². The van der Waals surface area contributed by atoms with E-state index in [1.165, 1.54) is 6.07 Å². The lowest BCUT2D eigenvalue weighted by Gasteiger charge is -2.38. The van der Waals surface area contributed by atoms with Crippen molar-refractivity contribution in [2.45, 2.75) is 24.7 Å². The molecular weight excluding hydrogens is 224 g/mol. The molecule has 3 rings (SSSR count). The zero-order valence-electron chi connectivity index (χ0n) is 9.10. The van der Waals surface area contributed by atoms with E-state index in [4.69, 9.17) is 9.47 Å². The zero-order valence-corrected chi connectivity index (χ0v) is 9.10. The number of phenols is 1. The Labute approximate surface area is 97.6 Å². The molecule has 17 heavy (non-hydrogen) atoms. The Morgan fingerprint density at radius 1 is 1.24 bits per heavy atom. The fourth-order valence-corrected chi connectivity index (χ4v) is 2.44. The Hall–Kier alpha value is -1.91. The molecular formula is C12H12O5. The molecule has 0 bridgehead atoms. The molecule has 1 fully saturated rings. The van der Waals surface area contributed by atoms with Gasteiger partial charge in [-0.15, -0.1) is 0 Å². The lowest BCUT2D eigenvalue weighted by Crippen LogP contribution is -2.42. The Kier molecular flexibility index (Phi) is 1.98. The highest BCUT2D eigenvalue weighted by Crippen LogP contribution is 2.50. The molecule has 1 aliphatic heterocycles. The van der Waals surface area contributed by atoms with Gasteiger partial charge in [-0.2, -0.15) is 0 Å². The quantitative estimate of drug-likeness (QED) is 0.816. The van der Waals surface area contributed by atoms with Gasteiger partial charge in [0.1, 0.15) is 5.75 Å². The molecule has 0 aromatic heterocycles. The molecule has 2 aliphatic rings. The van der Waals surface area contributed by atoms with E-state index in [9.17, 15) is 15.0 Å². The van der Waals surface area contributed by atoms with Gasteiger partial charge in [0.05, 0.1) is 5.41 Å². The third-order valence-electron chi connectivity index (χ3n) is 3.62. The van der Waals surface area contributed by atoms with Crippen molar-refractivity contribution in [3.05, 3.63) is 17.7 Å². The van der Waals surface area contributed by atoms with Crippen LogP contribution < -0.4 is 9.47 Å². The third kappa shape index (κ3) is 1.28. The van der Waals surface area contributed by atoms with Gasteiger partial charge in [-0.05, 0) is 18.9 Å². The topological polar surface area (TPSA) is 76.0 Å². The van der Waals surface area contributed by atoms with Gasteiger partial charge in [-0.1, -0.05) is 6.42 Å². The summed E-state index contributed by atoms with van der Waals surface area (Å²) in [7, 11) is 0. The molecule has 0 amide bonds. The summed E-state index contributed by atoms with van der Waals surface area (Å²) in [5.41, 5.74) is -0.522. The Morgan fingerprint density at radius 3 is 2.41 bits per heavy atom. The van der Waals surface area contributed by atoms with E-state index in [1.807, 2.05) is 0 Å². The van der Waals surface area contributed by atoms with E-state index in [2.05, 4.69) is 0 Å². The fraction of sp³-hybridized carbons (Fsp3) is 0.417. The highest BCUT2D eigenvalue weighted by molar-refractivity contribution is 5.84. The number of ether oxygens (including phenoxy) is 2. The van der Waals surface area contributed by atoms with Gasteiger partial charge in [0, 0.05) is 11.6 Å². The van der Waals surface area contributed by atoms with Crippen LogP contribution in [0.4, 0.5) is 0 Å². The van der Waals surface area contributed by atoms with E-state index in [-0.39, 0.29) is 12.5 Å². The number of phenolic OH excluding ortho intramolecular Hbond substituents is 1. The molecule has 0 atom stereocenters. The van der Waals surface area contributed by atoms with Gasteiger partial charge in [-0.25, -0.2) is 0 Å². The minimum absolute atomic E-state index is 0.0312. The van der Waals surface area contributed by atoms with Crippen LogP contribution in [0.25, 0.3) is 0 Å². The molecule has 0 spiro atoms. The number of aromatic hydroxyl groups is 1. The normalized spacial score (nSPS) is 19.8. The smallest absolute Gasteiger partial charge is 0.314 e. The molecule has 1 aromatic rings. The molecule has 90 valence electrons. The Balaban J connectivity index is 2.11. The van der Waals surface area contributed by atoms with Gasteiger partial charge in [0.15, 0.2) is 11.5 Å². The molecule has 0 radical (unpaired) electrons. The number of hydrogen-bond donors (Lipinski definition) is 2. The van der Waals surface area contributed by atoms with Gasteiger partial charge in [-0.3, -0.25) is 4.79 Å². The highest BCUT2D eigenvalue weighted by Gasteiger charge is 2.48. The summed E-state index contributed by atoms with van der Waals surface area (Å²) in [4.78, 5) is 11.4. The number of rotatable bonds is 2. The minimum atomic E-state index is -0.953. The summed E-state index contributed by atoms with van der Waals surface area (Å²) in [5, 5.41) is 19.3. The van der Waals surface area contributed by atoms with Crippen molar-refractivity contribution in [3.63, 3.8) is 0 Å². The average molecular weight is 236 g/mol. The SMILES string of the molecule is O=C(O)C1(c2cc3c(cc2O)OCO3)CCC1. The van der Waals surface area contributed by atoms with Crippen LogP contribution in [0.2, 0.25) is 0 Å². The molecule has 1 aliphatic carbocycles. The number of fused-ring (bicyclic) bond motifs is 1. The number of carboxylic acid groups (broad SMARTS) is 1. The lowest BCUT2D eigenvalue weighted by molar-refractivity contribution is -0.147. The molecule has 1 saturated carbocycles. The van der Waals surface area contributed by atoms with Crippen molar-refractivity contribution in [2.75, 3.05) is 6.79 Å². The van der Waals surface area contributed by atoms with Crippen LogP contribution >= 0.6 is 0 Å². The van der Waals surface area contributed by atoms with E-state index in [1.54, 1.807) is 6.07 Å². The van der Waals surface area contributed by atoms with Gasteiger partial charge in [0.25, 0.3) is 0 Å². The summed E-state index contributed by atoms with van der Waals surface area (Å²) in [5.74, 6) is 0.0469. The summed E-state index contributed by atoms with van der Waals surface area (Å²) in [6.45, 7) is 0.109. The van der Waals surface area contributed by atoms with Crippen LogP contribution in [0.3, 0.4) is 0 Å². The van der Waals surface area contributed by atoms with Gasteiger partial charge in [0.2, 0.25) is 6.79 Å². The number of carboxylic acids is 1. The first-order chi connectivity index (χ1) is 8.13. The largest absolute Gasteiger partial charge is 0.507 e. The number of carbonyl (C=O) groups is 1. The second-order valence-electron chi connectivity index (χ2n) is 4.46. The van der Waals surface area contributed by atoms with Gasteiger partial charge >= 0.3 is 5.97 Å². The van der Waals surface area contributed by atoms with Crippen molar-refractivity contribution in [1.29, 1.82) is 0 Å². The second-order valence-corrected chi connectivity index (χ2v) is 4.46. The monoisotopic (exact) mass is 236 g/mol. The summed E-state index contributed by atoms with van der Waals surface area (Å²) < 4.78 is 10.3. The van der Waals surface area contributed by atoms with E-state index in [0.29, 0.717) is 29.9 Å². The maximum atomic E-state index is 11.4. The first kappa shape index (κ1) is 10.3. The number of benzene rings is 1. The van der Waals surface area contributed by atoms with Crippen LogP contribution in [0, 0.1) is 0 Å². The lowest BCUT2D eigenvalue weighted by atomic mass is 9.64. The molecule has 0 saturated heterocycles. The Morgan fingerprint density at radius 2 is 1.88 bits per heavy atom. The summed E-state index contributed by atoms with van der Waals surface area (Å²) in [6.07, 6.45) is 1.96. The van der Waals surface area contributed by atoms with Crippen molar-refractivity contribution < 1.29 is 24.5 Å². The second kappa shape index (κ2) is 3.29. The fourth-order valence-electron chi connectivity index (χ4n) is 2.44. The standard InChI is InChI=1S/C12H12O5/c13-8-5-10-9(16-6-17-10)4-7(8)12(11(14)15)2-1-3-12/h4-5,13H,1-3,6H2,(H,14,15). The van der Waals surface area contributed by atoms with Crippen molar-refractivity contribution in [1.82, 2.24) is 0 Å². The van der Waals surface area contributed by atoms with Crippen LogP contribution in [-0.4, -0.2) is 23.0 Å². The van der Waals surface area contributed by atoms with Crippen molar-refractivity contribution >= 4 is 5.97 Å². The molecule has 0 unspecified atom stereocenters. The van der Waals surface area contributed by atoms with E-state index >= 15 is 0 Å². The van der Waals surface area contributed by atoms with Gasteiger partial charge < -0.3 is 19.7 Å². The van der Waals surface area contributed by atoms with Crippen LogP contribution in [-0.2, 0) is 10.2 Å². The highest BCUT2D eigenvalue weighted by atomic mass is 16.7. The average Bonchev–Trinajstić information content (AvgIpc) is 2.62. The molecule has 1 aromatic carbocycles. The minimum Gasteiger partial charge on any atom is -0.507 e. The zero-order chi connectivity index (χ0) is 12.0. The van der Waals surface area contributed by atoms with Crippen molar-refractivity contribution in [2.24, 2.45) is 0 Å². The van der Waals surface area contributed by atoms with E-state index < -0.39 is 11.4 Å². The maximum absolute atomic E-state index is 11.4. The first-order valence-corrected chi connectivity index (χ1v) is 5.50. The molecule has 5 heteroatoms. The summed E-state index contributed by atoms with van der Waals surface area (Å²) >= 11 is 0. The van der Waals surface area contributed by atoms with Crippen LogP contribution in [0.5, 0.6) is 17.2 Å². The van der Waals surface area contributed by atoms with E-state index in [0.717, 1.165) is 6.42 Å². The molecule has 1 heterocycles. The molecule has 2 N–H and O–H groups in total.